The largest absolute Gasteiger partial charge is 0.452 e. The Labute approximate surface area is 118 Å². The summed E-state index contributed by atoms with van der Waals surface area (Å²) in [5.74, 6) is -2.42. The van der Waals surface area contributed by atoms with E-state index in [2.05, 4.69) is 4.98 Å². The molecular formula is C11H14N4O6. The number of ether oxygens (including phenoxy) is 2. The van der Waals surface area contributed by atoms with Crippen molar-refractivity contribution in [1.82, 2.24) is 9.55 Å². The summed E-state index contributed by atoms with van der Waals surface area (Å²) >= 11 is 0. The summed E-state index contributed by atoms with van der Waals surface area (Å²) in [5, 5.41) is 9.21. The predicted molar refractivity (Wildman–Crippen MR) is 67.6 cm³/mol. The van der Waals surface area contributed by atoms with E-state index in [0.717, 1.165) is 4.57 Å². The van der Waals surface area contributed by atoms with E-state index in [1.807, 2.05) is 0 Å². The molecule has 21 heavy (non-hydrogen) atoms. The number of hydrogen-bond acceptors (Lipinski definition) is 8. The van der Waals surface area contributed by atoms with E-state index in [4.69, 9.17) is 20.9 Å². The minimum atomic E-state index is -1.25. The zero-order valence-electron chi connectivity index (χ0n) is 10.8. The van der Waals surface area contributed by atoms with Gasteiger partial charge in [-0.15, -0.1) is 0 Å². The molecule has 10 nitrogen and oxygen atoms in total. The van der Waals surface area contributed by atoms with Gasteiger partial charge in [0.15, 0.2) is 0 Å². The van der Waals surface area contributed by atoms with Crippen molar-refractivity contribution in [2.24, 2.45) is 5.73 Å². The molecule has 0 aliphatic carbocycles. The van der Waals surface area contributed by atoms with Crippen LogP contribution >= 0.6 is 0 Å². The first-order valence-electron chi connectivity index (χ1n) is 6.03. The number of carbonyl (C=O) groups is 2. The van der Waals surface area contributed by atoms with Crippen LogP contribution in [-0.2, 0) is 19.1 Å². The van der Waals surface area contributed by atoms with Crippen molar-refractivity contribution in [3.05, 3.63) is 22.7 Å². The Morgan fingerprint density at radius 3 is 2.86 bits per heavy atom. The molecule has 0 bridgehead atoms. The Balaban J connectivity index is 2.16. The minimum absolute atomic E-state index is 0.0599. The molecule has 1 aliphatic heterocycles. The predicted octanol–water partition coefficient (Wildman–Crippen LogP) is -2.50. The Morgan fingerprint density at radius 2 is 2.29 bits per heavy atom. The molecule has 1 amide bonds. The van der Waals surface area contributed by atoms with E-state index in [9.17, 15) is 19.5 Å². The molecule has 1 aromatic heterocycles. The second-order valence-electron chi connectivity index (χ2n) is 4.40. The number of nitrogens with zero attached hydrogens (tertiary/aromatic N) is 2. The van der Waals surface area contributed by atoms with Crippen LogP contribution < -0.4 is 17.2 Å². The van der Waals surface area contributed by atoms with Crippen molar-refractivity contribution < 1.29 is 24.2 Å². The third-order valence-electron chi connectivity index (χ3n) is 2.98. The number of rotatable bonds is 3. The number of hydrogen-bond donors (Lipinski definition) is 3. The number of amides is 1. The molecule has 3 atom stereocenters. The average molecular weight is 298 g/mol. The maximum atomic E-state index is 11.7. The fraction of sp³-hybridized carbons (Fsp3) is 0.455. The summed E-state index contributed by atoms with van der Waals surface area (Å²) in [6.45, 7) is -0.454. The second-order valence-corrected chi connectivity index (χ2v) is 4.40. The fourth-order valence-electron chi connectivity index (χ4n) is 2.00. The van der Waals surface area contributed by atoms with Crippen LogP contribution in [0.4, 0.5) is 5.82 Å². The summed E-state index contributed by atoms with van der Waals surface area (Å²) in [4.78, 5) is 37.1. The van der Waals surface area contributed by atoms with Gasteiger partial charge in [0.05, 0.1) is 6.61 Å². The summed E-state index contributed by atoms with van der Waals surface area (Å²) < 4.78 is 11.4. The van der Waals surface area contributed by atoms with Crippen molar-refractivity contribution in [2.45, 2.75) is 24.9 Å². The van der Waals surface area contributed by atoms with E-state index in [-0.39, 0.29) is 12.2 Å². The monoisotopic (exact) mass is 298 g/mol. The van der Waals surface area contributed by atoms with Crippen LogP contribution in [0.1, 0.15) is 12.6 Å². The SMILES string of the molecule is NC(=O)C(=O)O[C@H]1C[C@H](n2ccc(N)nc2=O)O[C@@H]1CO. The number of aliphatic hydroxyl groups excluding tert-OH is 1. The van der Waals surface area contributed by atoms with Crippen molar-refractivity contribution >= 4 is 17.7 Å². The van der Waals surface area contributed by atoms with Gasteiger partial charge in [-0.1, -0.05) is 0 Å². The van der Waals surface area contributed by atoms with Gasteiger partial charge in [0.2, 0.25) is 0 Å². The van der Waals surface area contributed by atoms with E-state index in [0.29, 0.717) is 0 Å². The Morgan fingerprint density at radius 1 is 1.57 bits per heavy atom. The van der Waals surface area contributed by atoms with Gasteiger partial charge in [-0.25, -0.2) is 9.59 Å². The van der Waals surface area contributed by atoms with Crippen molar-refractivity contribution in [3.63, 3.8) is 0 Å². The Bertz CT molecular complexity index is 615. The lowest BCUT2D eigenvalue weighted by molar-refractivity contribution is -0.160. The number of aliphatic hydroxyl groups is 1. The first-order chi connectivity index (χ1) is 9.92. The highest BCUT2D eigenvalue weighted by molar-refractivity contribution is 6.31. The van der Waals surface area contributed by atoms with Crippen LogP contribution in [0.15, 0.2) is 17.1 Å². The standard InChI is InChI=1S/C11H14N4O6/c12-7-1-2-15(11(19)14-7)8-3-5(6(4-16)20-8)21-10(18)9(13)17/h1-2,5-6,8,16H,3-4H2,(H2,13,17)(H2,12,14,19)/t5-,6+,8+/m0/s1. The van der Waals surface area contributed by atoms with Crippen LogP contribution in [0.25, 0.3) is 0 Å². The summed E-state index contributed by atoms with van der Waals surface area (Å²) in [6.07, 6.45) is -1.13. The highest BCUT2D eigenvalue weighted by Crippen LogP contribution is 2.29. The van der Waals surface area contributed by atoms with Gasteiger partial charge in [0.25, 0.3) is 0 Å². The van der Waals surface area contributed by atoms with Crippen LogP contribution in [0, 0.1) is 0 Å². The Hall–Kier alpha value is -2.46. The van der Waals surface area contributed by atoms with Gasteiger partial charge in [-0.05, 0) is 6.07 Å². The summed E-state index contributed by atoms with van der Waals surface area (Å²) in [6, 6.07) is 1.40. The lowest BCUT2D eigenvalue weighted by Gasteiger charge is -2.15. The molecule has 2 rings (SSSR count). The number of aromatic nitrogens is 2. The van der Waals surface area contributed by atoms with Crippen molar-refractivity contribution in [1.29, 1.82) is 0 Å². The maximum absolute atomic E-state index is 11.7. The molecule has 0 saturated carbocycles. The molecule has 5 N–H and O–H groups in total. The molecule has 10 heteroatoms. The lowest BCUT2D eigenvalue weighted by atomic mass is 10.2. The average Bonchev–Trinajstić information content (AvgIpc) is 2.81. The van der Waals surface area contributed by atoms with Gasteiger partial charge in [0.1, 0.15) is 24.3 Å². The number of nitrogen functional groups attached to an aromatic ring is 1. The van der Waals surface area contributed by atoms with E-state index >= 15 is 0 Å². The molecule has 1 aromatic rings. The number of primary amides is 1. The first-order valence-corrected chi connectivity index (χ1v) is 6.03. The molecule has 0 radical (unpaired) electrons. The van der Waals surface area contributed by atoms with Crippen LogP contribution in [0.3, 0.4) is 0 Å². The highest BCUT2D eigenvalue weighted by Gasteiger charge is 2.39. The number of anilines is 1. The van der Waals surface area contributed by atoms with Gasteiger partial charge in [-0.3, -0.25) is 9.36 Å². The summed E-state index contributed by atoms with van der Waals surface area (Å²) in [7, 11) is 0. The first kappa shape index (κ1) is 14.9. The molecule has 0 aromatic carbocycles. The molecule has 0 unspecified atom stereocenters. The third-order valence-corrected chi connectivity index (χ3v) is 2.98. The smallest absolute Gasteiger partial charge is 0.396 e. The number of esters is 1. The zero-order valence-corrected chi connectivity index (χ0v) is 10.8. The maximum Gasteiger partial charge on any atom is 0.396 e. The van der Waals surface area contributed by atoms with Crippen LogP contribution in [-0.4, -0.2) is 45.3 Å². The van der Waals surface area contributed by atoms with E-state index in [1.165, 1.54) is 12.3 Å². The fourth-order valence-corrected chi connectivity index (χ4v) is 2.00. The van der Waals surface area contributed by atoms with Crippen molar-refractivity contribution in [3.8, 4) is 0 Å². The zero-order chi connectivity index (χ0) is 15.6. The molecule has 1 saturated heterocycles. The topological polar surface area (TPSA) is 160 Å². The third kappa shape index (κ3) is 3.17. The molecule has 1 aliphatic rings. The second kappa shape index (κ2) is 5.89. The molecule has 2 heterocycles. The molecular weight excluding hydrogens is 284 g/mol. The lowest BCUT2D eigenvalue weighted by Crippen LogP contribution is -2.35. The molecule has 1 fully saturated rings. The van der Waals surface area contributed by atoms with Crippen LogP contribution in [0.5, 0.6) is 0 Å². The van der Waals surface area contributed by atoms with Gasteiger partial charge >= 0.3 is 17.6 Å². The van der Waals surface area contributed by atoms with Crippen molar-refractivity contribution in [2.75, 3.05) is 12.3 Å². The van der Waals surface area contributed by atoms with E-state index in [1.54, 1.807) is 0 Å². The van der Waals surface area contributed by atoms with E-state index < -0.39 is 42.6 Å². The van der Waals surface area contributed by atoms with Crippen LogP contribution in [0.2, 0.25) is 0 Å². The number of nitrogens with two attached hydrogens (primary N) is 2. The van der Waals surface area contributed by atoms with Gasteiger partial charge in [0, 0.05) is 12.6 Å². The normalized spacial score (nSPS) is 24.7. The summed E-state index contributed by atoms with van der Waals surface area (Å²) in [5.41, 5.74) is 9.53. The highest BCUT2D eigenvalue weighted by atomic mass is 16.6. The minimum Gasteiger partial charge on any atom is -0.452 e. The Kier molecular flexibility index (Phi) is 4.19. The van der Waals surface area contributed by atoms with Gasteiger partial charge < -0.3 is 26.0 Å². The quantitative estimate of drug-likeness (QED) is 0.408. The molecule has 114 valence electrons. The van der Waals surface area contributed by atoms with Gasteiger partial charge in [-0.2, -0.15) is 4.98 Å². The number of carbonyl (C=O) groups excluding carboxylic acids is 2. The molecule has 0 spiro atoms.